The van der Waals surface area contributed by atoms with E-state index in [1.165, 1.54) is 14.2 Å². The van der Waals surface area contributed by atoms with E-state index in [1.54, 1.807) is 37.3 Å². The summed E-state index contributed by atoms with van der Waals surface area (Å²) in [6.45, 7) is 3.59. The summed E-state index contributed by atoms with van der Waals surface area (Å²) in [6, 6.07) is 8.19. The summed E-state index contributed by atoms with van der Waals surface area (Å²) in [5.41, 5.74) is 2.28. The van der Waals surface area contributed by atoms with Crippen LogP contribution in [0.1, 0.15) is 11.3 Å². The van der Waals surface area contributed by atoms with Gasteiger partial charge >= 0.3 is 0 Å². The predicted molar refractivity (Wildman–Crippen MR) is 93.8 cm³/mol. The fourth-order valence-electron chi connectivity index (χ4n) is 2.53. The molecule has 0 saturated heterocycles. The lowest BCUT2D eigenvalue weighted by Crippen LogP contribution is -2.15. The van der Waals surface area contributed by atoms with Crippen LogP contribution in [0.2, 0.25) is 0 Å². The maximum atomic E-state index is 12.9. The number of ether oxygens (including phenoxy) is 2. The minimum atomic E-state index is -3.88. The Labute approximate surface area is 145 Å². The minimum Gasteiger partial charge on any atom is -0.495 e. The Morgan fingerprint density at radius 3 is 2.44 bits per heavy atom. The molecule has 0 saturated carbocycles. The van der Waals surface area contributed by atoms with Gasteiger partial charge in [-0.25, -0.2) is 8.42 Å². The maximum absolute atomic E-state index is 12.9. The summed E-state index contributed by atoms with van der Waals surface area (Å²) in [7, 11) is -1.00. The largest absolute Gasteiger partial charge is 0.495 e. The number of methoxy groups -OCH3 is 2. The number of nitrogens with one attached hydrogen (secondary N) is 1. The van der Waals surface area contributed by atoms with E-state index in [-0.39, 0.29) is 10.6 Å². The molecule has 0 amide bonds. The van der Waals surface area contributed by atoms with Gasteiger partial charge in [0.2, 0.25) is 0 Å². The summed E-state index contributed by atoms with van der Waals surface area (Å²) < 4.78 is 44.0. The first kappa shape index (κ1) is 17.1. The summed E-state index contributed by atoms with van der Waals surface area (Å²) >= 11 is 0. The van der Waals surface area contributed by atoms with E-state index in [1.807, 2.05) is 6.92 Å². The Morgan fingerprint density at radius 1 is 1.04 bits per heavy atom. The van der Waals surface area contributed by atoms with Crippen molar-refractivity contribution in [2.75, 3.05) is 18.9 Å². The van der Waals surface area contributed by atoms with E-state index < -0.39 is 10.0 Å². The van der Waals surface area contributed by atoms with Crippen molar-refractivity contribution in [1.82, 2.24) is 5.16 Å². The van der Waals surface area contributed by atoms with Crippen molar-refractivity contribution in [2.24, 2.45) is 0 Å². The van der Waals surface area contributed by atoms with E-state index in [9.17, 15) is 8.42 Å². The molecule has 3 rings (SSSR count). The van der Waals surface area contributed by atoms with Crippen molar-refractivity contribution >= 4 is 26.7 Å². The number of sulfonamides is 1. The number of aryl methyl sites for hydroxylation is 2. The van der Waals surface area contributed by atoms with Crippen LogP contribution in [0.5, 0.6) is 11.5 Å². The molecule has 3 aromatic rings. The summed E-state index contributed by atoms with van der Waals surface area (Å²) in [5, 5.41) is 4.58. The van der Waals surface area contributed by atoms with Crippen molar-refractivity contribution in [1.29, 1.82) is 0 Å². The lowest BCUT2D eigenvalue weighted by Gasteiger charge is -2.14. The molecule has 2 aromatic carbocycles. The first-order valence-electron chi connectivity index (χ1n) is 7.47. The van der Waals surface area contributed by atoms with Crippen molar-refractivity contribution in [3.05, 3.63) is 41.6 Å². The molecule has 1 aromatic heterocycles. The van der Waals surface area contributed by atoms with Crippen LogP contribution in [0.25, 0.3) is 11.0 Å². The van der Waals surface area contributed by atoms with Crippen LogP contribution < -0.4 is 14.2 Å². The lowest BCUT2D eigenvalue weighted by atomic mass is 10.2. The first-order valence-corrected chi connectivity index (χ1v) is 8.95. The van der Waals surface area contributed by atoms with Gasteiger partial charge in [0.1, 0.15) is 16.4 Å². The Morgan fingerprint density at radius 2 is 1.76 bits per heavy atom. The number of rotatable bonds is 5. The normalized spacial score (nSPS) is 11.5. The average molecular weight is 362 g/mol. The Bertz CT molecular complexity index is 1040. The highest BCUT2D eigenvalue weighted by atomic mass is 32.2. The molecule has 1 N–H and O–H groups in total. The molecule has 7 nitrogen and oxygen atoms in total. The fraction of sp³-hybridized carbons (Fsp3) is 0.235. The number of fused-ring (bicyclic) bond motifs is 1. The Hall–Kier alpha value is -2.74. The van der Waals surface area contributed by atoms with Crippen LogP contribution in [0.15, 0.2) is 39.8 Å². The summed E-state index contributed by atoms with van der Waals surface area (Å²) in [5.74, 6) is 0.596. The molecule has 8 heteroatoms. The van der Waals surface area contributed by atoms with E-state index in [0.717, 1.165) is 5.56 Å². The molecule has 25 heavy (non-hydrogen) atoms. The number of anilines is 1. The third-order valence-electron chi connectivity index (χ3n) is 3.83. The average Bonchev–Trinajstić information content (AvgIpc) is 2.94. The zero-order valence-electron chi connectivity index (χ0n) is 14.3. The molecule has 0 unspecified atom stereocenters. The predicted octanol–water partition coefficient (Wildman–Crippen LogP) is 3.26. The monoisotopic (exact) mass is 362 g/mol. The fourth-order valence-corrected chi connectivity index (χ4v) is 3.84. The van der Waals surface area contributed by atoms with Gasteiger partial charge in [-0.1, -0.05) is 11.2 Å². The molecule has 0 aliphatic carbocycles. The molecule has 0 aliphatic rings. The summed E-state index contributed by atoms with van der Waals surface area (Å²) in [4.78, 5) is 0.0548. The lowest BCUT2D eigenvalue weighted by molar-refractivity contribution is 0.402. The number of benzene rings is 2. The highest BCUT2D eigenvalue weighted by Crippen LogP contribution is 2.34. The van der Waals surface area contributed by atoms with Crippen molar-refractivity contribution in [3.63, 3.8) is 0 Å². The molecular formula is C17H18N2O5S. The molecule has 0 radical (unpaired) electrons. The third kappa shape index (κ3) is 3.12. The van der Waals surface area contributed by atoms with Crippen LogP contribution in [-0.4, -0.2) is 27.8 Å². The van der Waals surface area contributed by atoms with Gasteiger partial charge < -0.3 is 14.0 Å². The molecule has 0 spiro atoms. The molecule has 0 fully saturated rings. The first-order chi connectivity index (χ1) is 11.9. The van der Waals surface area contributed by atoms with Crippen LogP contribution in [0.3, 0.4) is 0 Å². The molecule has 0 bridgehead atoms. The van der Waals surface area contributed by atoms with Crippen LogP contribution >= 0.6 is 0 Å². The Balaban J connectivity index is 2.11. The quantitative estimate of drug-likeness (QED) is 0.749. The second-order valence-corrected chi connectivity index (χ2v) is 7.23. The van der Waals surface area contributed by atoms with E-state index in [4.69, 9.17) is 14.0 Å². The van der Waals surface area contributed by atoms with E-state index >= 15 is 0 Å². The molecule has 132 valence electrons. The number of nitrogens with zero attached hydrogens (tertiary/aromatic N) is 1. The smallest absolute Gasteiger partial charge is 0.265 e. The molecule has 0 atom stereocenters. The number of hydrogen-bond donors (Lipinski definition) is 1. The van der Waals surface area contributed by atoms with Gasteiger partial charge in [0.25, 0.3) is 10.0 Å². The molecule has 1 heterocycles. The number of hydrogen-bond acceptors (Lipinski definition) is 6. The second kappa shape index (κ2) is 6.29. The second-order valence-electron chi connectivity index (χ2n) is 5.58. The van der Waals surface area contributed by atoms with Crippen molar-refractivity contribution < 1.29 is 22.4 Å². The molecule has 0 aliphatic heterocycles. The number of aromatic nitrogens is 1. The van der Waals surface area contributed by atoms with Gasteiger partial charge in [0.15, 0.2) is 5.58 Å². The highest BCUT2D eigenvalue weighted by molar-refractivity contribution is 7.92. The highest BCUT2D eigenvalue weighted by Gasteiger charge is 2.22. The summed E-state index contributed by atoms with van der Waals surface area (Å²) in [6.07, 6.45) is 0. The van der Waals surface area contributed by atoms with Crippen LogP contribution in [0, 0.1) is 13.8 Å². The topological polar surface area (TPSA) is 90.7 Å². The van der Waals surface area contributed by atoms with Gasteiger partial charge in [0, 0.05) is 11.5 Å². The van der Waals surface area contributed by atoms with Gasteiger partial charge in [0.05, 0.1) is 25.6 Å². The zero-order chi connectivity index (χ0) is 18.2. The van der Waals surface area contributed by atoms with Crippen molar-refractivity contribution in [3.8, 4) is 11.5 Å². The van der Waals surface area contributed by atoms with Crippen LogP contribution in [0.4, 0.5) is 5.69 Å². The molecular weight excluding hydrogens is 344 g/mol. The van der Waals surface area contributed by atoms with E-state index in [2.05, 4.69) is 9.88 Å². The van der Waals surface area contributed by atoms with Gasteiger partial charge in [-0.3, -0.25) is 4.72 Å². The zero-order valence-corrected chi connectivity index (χ0v) is 15.1. The standard InChI is InChI=1S/C17H18N2O5S/c1-10-5-6-14(22-3)17(7-10)25(20,21)19-13-8-12-11(2)18-24-15(12)9-16(13)23-4/h5-9,19H,1-4H3. The third-order valence-corrected chi connectivity index (χ3v) is 5.21. The maximum Gasteiger partial charge on any atom is 0.265 e. The van der Waals surface area contributed by atoms with Gasteiger partial charge in [-0.05, 0) is 37.6 Å². The Kier molecular flexibility index (Phi) is 4.30. The van der Waals surface area contributed by atoms with Crippen molar-refractivity contribution in [2.45, 2.75) is 18.7 Å². The minimum absolute atomic E-state index is 0.0548. The van der Waals surface area contributed by atoms with E-state index in [0.29, 0.717) is 28.1 Å². The SMILES string of the molecule is COc1cc2onc(C)c2cc1NS(=O)(=O)c1cc(C)ccc1OC. The van der Waals surface area contributed by atoms with Gasteiger partial charge in [-0.15, -0.1) is 0 Å². The van der Waals surface area contributed by atoms with Gasteiger partial charge in [-0.2, -0.15) is 0 Å². The van der Waals surface area contributed by atoms with Crippen LogP contribution in [-0.2, 0) is 10.0 Å².